The highest BCUT2D eigenvalue weighted by Crippen LogP contribution is 2.29. The molecule has 0 bridgehead atoms. The van der Waals surface area contributed by atoms with Crippen molar-refractivity contribution in [2.75, 3.05) is 38.7 Å². The van der Waals surface area contributed by atoms with Crippen LogP contribution in [0.1, 0.15) is 5.82 Å². The van der Waals surface area contributed by atoms with Gasteiger partial charge in [-0.05, 0) is 25.1 Å². The molecule has 33 heavy (non-hydrogen) atoms. The van der Waals surface area contributed by atoms with Gasteiger partial charge in [-0.3, -0.25) is 4.79 Å². The van der Waals surface area contributed by atoms with Crippen LogP contribution in [0.2, 0.25) is 0 Å². The van der Waals surface area contributed by atoms with Crippen LogP contribution in [0.3, 0.4) is 0 Å². The Morgan fingerprint density at radius 1 is 1.15 bits per heavy atom. The predicted molar refractivity (Wildman–Crippen MR) is 121 cm³/mol. The van der Waals surface area contributed by atoms with Crippen molar-refractivity contribution >= 4 is 21.6 Å². The molecule has 1 aliphatic rings. The zero-order valence-corrected chi connectivity index (χ0v) is 19.2. The number of aromatic nitrogens is 3. The number of anilines is 1. The van der Waals surface area contributed by atoms with Gasteiger partial charge in [0, 0.05) is 18.7 Å². The van der Waals surface area contributed by atoms with Crippen molar-refractivity contribution in [1.82, 2.24) is 19.1 Å². The first-order chi connectivity index (χ1) is 15.9. The van der Waals surface area contributed by atoms with Crippen LogP contribution in [-0.2, 0) is 26.1 Å². The summed E-state index contributed by atoms with van der Waals surface area (Å²) in [4.78, 5) is 17.4. The Morgan fingerprint density at radius 2 is 1.88 bits per heavy atom. The van der Waals surface area contributed by atoms with Crippen LogP contribution < -0.4 is 10.1 Å². The Bertz CT molecular complexity index is 1240. The molecule has 3 aromatic rings. The second-order valence-corrected chi connectivity index (χ2v) is 9.37. The van der Waals surface area contributed by atoms with Gasteiger partial charge in [-0.1, -0.05) is 30.3 Å². The third-order valence-corrected chi connectivity index (χ3v) is 7.05. The van der Waals surface area contributed by atoms with Crippen molar-refractivity contribution in [3.8, 4) is 17.1 Å². The fraction of sp³-hybridized carbons (Fsp3) is 0.318. The van der Waals surface area contributed by atoms with Crippen LogP contribution in [-0.4, -0.2) is 66.8 Å². The summed E-state index contributed by atoms with van der Waals surface area (Å²) < 4.78 is 39.5. The van der Waals surface area contributed by atoms with Gasteiger partial charge in [-0.25, -0.2) is 18.1 Å². The van der Waals surface area contributed by atoms with Crippen LogP contribution in [0.25, 0.3) is 11.4 Å². The number of methoxy groups -OCH3 is 1. The first-order valence-corrected chi connectivity index (χ1v) is 11.8. The molecule has 2 heterocycles. The minimum atomic E-state index is -3.72. The standard InChI is InChI=1S/C22H25N5O5S/c1-16-23-22(17-6-4-3-5-7-17)27(25-16)15-21(28)24-19-14-18(8-9-20(19)31-2)33(29,30)26-10-12-32-13-11-26/h3-9,14H,10-13,15H2,1-2H3,(H,24,28). The molecule has 1 aliphatic heterocycles. The molecule has 10 nitrogen and oxygen atoms in total. The summed E-state index contributed by atoms with van der Waals surface area (Å²) in [6, 6.07) is 13.8. The molecule has 1 fully saturated rings. The number of hydrogen-bond acceptors (Lipinski definition) is 7. The topological polar surface area (TPSA) is 116 Å². The molecule has 1 amide bonds. The van der Waals surface area contributed by atoms with E-state index in [4.69, 9.17) is 9.47 Å². The van der Waals surface area contributed by atoms with E-state index in [1.165, 1.54) is 34.3 Å². The second kappa shape index (κ2) is 9.69. The lowest BCUT2D eigenvalue weighted by atomic mass is 10.2. The van der Waals surface area contributed by atoms with E-state index in [1.807, 2.05) is 30.3 Å². The average molecular weight is 472 g/mol. The fourth-order valence-electron chi connectivity index (χ4n) is 3.57. The molecule has 2 aromatic carbocycles. The molecule has 4 rings (SSSR count). The van der Waals surface area contributed by atoms with Crippen molar-refractivity contribution in [1.29, 1.82) is 0 Å². The summed E-state index contributed by atoms with van der Waals surface area (Å²) >= 11 is 0. The van der Waals surface area contributed by atoms with Gasteiger partial charge >= 0.3 is 0 Å². The van der Waals surface area contributed by atoms with Gasteiger partial charge in [0.25, 0.3) is 0 Å². The fourth-order valence-corrected chi connectivity index (χ4v) is 5.01. The van der Waals surface area contributed by atoms with Crippen molar-refractivity contribution in [3.63, 3.8) is 0 Å². The normalized spacial score (nSPS) is 14.7. The lowest BCUT2D eigenvalue weighted by Crippen LogP contribution is -2.40. The molecule has 1 saturated heterocycles. The number of carbonyl (C=O) groups excluding carboxylic acids is 1. The Hall–Kier alpha value is -3.28. The number of hydrogen-bond donors (Lipinski definition) is 1. The number of carbonyl (C=O) groups is 1. The second-order valence-electron chi connectivity index (χ2n) is 7.43. The number of aryl methyl sites for hydroxylation is 1. The van der Waals surface area contributed by atoms with E-state index in [1.54, 1.807) is 6.92 Å². The molecule has 0 atom stereocenters. The smallest absolute Gasteiger partial charge is 0.246 e. The Labute approximate surface area is 192 Å². The SMILES string of the molecule is COc1ccc(S(=O)(=O)N2CCOCC2)cc1NC(=O)Cn1nc(C)nc1-c1ccccc1. The van der Waals surface area contributed by atoms with E-state index in [9.17, 15) is 13.2 Å². The maximum Gasteiger partial charge on any atom is 0.246 e. The van der Waals surface area contributed by atoms with Gasteiger partial charge in [0.15, 0.2) is 5.82 Å². The maximum atomic E-state index is 13.0. The summed E-state index contributed by atoms with van der Waals surface area (Å²) in [7, 11) is -2.27. The van der Waals surface area contributed by atoms with Crippen molar-refractivity contribution < 1.29 is 22.7 Å². The van der Waals surface area contributed by atoms with Gasteiger partial charge in [0.05, 0.1) is 30.9 Å². The van der Waals surface area contributed by atoms with E-state index in [0.717, 1.165) is 5.56 Å². The quantitative estimate of drug-likeness (QED) is 0.560. The number of nitrogens with one attached hydrogen (secondary N) is 1. The van der Waals surface area contributed by atoms with Gasteiger partial charge in [0.2, 0.25) is 15.9 Å². The molecule has 174 valence electrons. The lowest BCUT2D eigenvalue weighted by molar-refractivity contribution is -0.116. The van der Waals surface area contributed by atoms with Crippen LogP contribution in [0.4, 0.5) is 5.69 Å². The number of sulfonamides is 1. The van der Waals surface area contributed by atoms with E-state index >= 15 is 0 Å². The summed E-state index contributed by atoms with van der Waals surface area (Å²) in [6.07, 6.45) is 0. The van der Waals surface area contributed by atoms with Crippen LogP contribution in [0, 0.1) is 6.92 Å². The molecular formula is C22H25N5O5S. The van der Waals surface area contributed by atoms with E-state index < -0.39 is 15.9 Å². The van der Waals surface area contributed by atoms with E-state index in [2.05, 4.69) is 15.4 Å². The minimum absolute atomic E-state index is 0.0714. The Balaban J connectivity index is 1.57. The number of ether oxygens (including phenoxy) is 2. The molecule has 0 radical (unpaired) electrons. The summed E-state index contributed by atoms with van der Waals surface area (Å²) in [6.45, 7) is 2.91. The molecule has 0 saturated carbocycles. The van der Waals surface area contributed by atoms with Gasteiger partial charge in [-0.2, -0.15) is 9.40 Å². The molecule has 0 spiro atoms. The lowest BCUT2D eigenvalue weighted by Gasteiger charge is -2.26. The number of rotatable bonds is 7. The highest BCUT2D eigenvalue weighted by atomic mass is 32.2. The number of morpholine rings is 1. The zero-order chi connectivity index (χ0) is 23.4. The number of nitrogens with zero attached hydrogens (tertiary/aromatic N) is 4. The summed E-state index contributed by atoms with van der Waals surface area (Å²) in [5, 5.41) is 7.08. The predicted octanol–water partition coefficient (Wildman–Crippen LogP) is 1.92. The molecular weight excluding hydrogens is 446 g/mol. The maximum absolute atomic E-state index is 13.0. The van der Waals surface area contributed by atoms with E-state index in [0.29, 0.717) is 30.6 Å². The monoisotopic (exact) mass is 471 g/mol. The van der Waals surface area contributed by atoms with E-state index in [-0.39, 0.29) is 30.2 Å². The van der Waals surface area contributed by atoms with Gasteiger partial charge in [0.1, 0.15) is 18.1 Å². The molecule has 11 heteroatoms. The third-order valence-electron chi connectivity index (χ3n) is 5.16. The first kappa shape index (κ1) is 22.9. The highest BCUT2D eigenvalue weighted by molar-refractivity contribution is 7.89. The largest absolute Gasteiger partial charge is 0.495 e. The van der Waals surface area contributed by atoms with Gasteiger partial charge < -0.3 is 14.8 Å². The number of amides is 1. The Kier molecular flexibility index (Phi) is 6.72. The Morgan fingerprint density at radius 3 is 2.58 bits per heavy atom. The minimum Gasteiger partial charge on any atom is -0.495 e. The molecule has 0 aliphatic carbocycles. The number of benzene rings is 2. The van der Waals surface area contributed by atoms with Crippen molar-refractivity contribution in [2.24, 2.45) is 0 Å². The molecule has 1 aromatic heterocycles. The van der Waals surface area contributed by atoms with Crippen LogP contribution >= 0.6 is 0 Å². The van der Waals surface area contributed by atoms with Crippen LogP contribution in [0.5, 0.6) is 5.75 Å². The molecule has 1 N–H and O–H groups in total. The summed E-state index contributed by atoms with van der Waals surface area (Å²) in [5.74, 6) is 1.07. The van der Waals surface area contributed by atoms with Crippen molar-refractivity contribution in [2.45, 2.75) is 18.4 Å². The van der Waals surface area contributed by atoms with Crippen molar-refractivity contribution in [3.05, 3.63) is 54.4 Å². The summed E-state index contributed by atoms with van der Waals surface area (Å²) in [5.41, 5.74) is 1.09. The molecule has 0 unspecified atom stereocenters. The average Bonchev–Trinajstić information content (AvgIpc) is 3.19. The highest BCUT2D eigenvalue weighted by Gasteiger charge is 2.27. The zero-order valence-electron chi connectivity index (χ0n) is 18.4. The van der Waals surface area contributed by atoms with Gasteiger partial charge in [-0.15, -0.1) is 0 Å². The van der Waals surface area contributed by atoms with Crippen LogP contribution in [0.15, 0.2) is 53.4 Å². The first-order valence-electron chi connectivity index (χ1n) is 10.4. The third kappa shape index (κ3) is 5.05.